The summed E-state index contributed by atoms with van der Waals surface area (Å²) in [5.74, 6) is -2.58. The van der Waals surface area contributed by atoms with E-state index in [9.17, 15) is 13.6 Å². The average Bonchev–Trinajstić information content (AvgIpc) is 3.30. The summed E-state index contributed by atoms with van der Waals surface area (Å²) in [7, 11) is 0. The van der Waals surface area contributed by atoms with Crippen molar-refractivity contribution in [1.82, 2.24) is 4.90 Å². The molecule has 1 fully saturated rings. The fourth-order valence-electron chi connectivity index (χ4n) is 3.01. The smallest absolute Gasteiger partial charge is 0.288 e. The number of carbonyl (C=O) groups excluding carboxylic acids is 1. The van der Waals surface area contributed by atoms with E-state index in [0.29, 0.717) is 28.9 Å². The minimum absolute atomic E-state index is 0.126. The minimum atomic E-state index is -2.45. The molecule has 1 aromatic heterocycles. The molecule has 1 aromatic carbocycles. The van der Waals surface area contributed by atoms with Crippen molar-refractivity contribution in [2.45, 2.75) is 36.1 Å². The Hall–Kier alpha value is -1.48. The number of carbonyl (C=O) groups is 1. The number of ether oxygens (including phenoxy) is 1. The fourth-order valence-corrected chi connectivity index (χ4v) is 4.25. The van der Waals surface area contributed by atoms with Crippen LogP contribution < -0.4 is 5.32 Å². The first-order valence-electron chi connectivity index (χ1n) is 8.79. The Balaban J connectivity index is 1.55. The second kappa shape index (κ2) is 10.2. The van der Waals surface area contributed by atoms with Crippen LogP contribution in [0, 0.1) is 0 Å². The van der Waals surface area contributed by atoms with Gasteiger partial charge < -0.3 is 10.1 Å². The van der Waals surface area contributed by atoms with Crippen molar-refractivity contribution in [3.8, 4) is 0 Å². The van der Waals surface area contributed by atoms with Gasteiger partial charge in [0.15, 0.2) is 0 Å². The second-order valence-corrected chi connectivity index (χ2v) is 8.43. The summed E-state index contributed by atoms with van der Waals surface area (Å²) in [6, 6.07) is 10.5. The summed E-state index contributed by atoms with van der Waals surface area (Å²) in [4.78, 5) is 16.2. The first kappa shape index (κ1) is 20.3. The first-order valence-corrected chi connectivity index (χ1v) is 10.6. The van der Waals surface area contributed by atoms with E-state index >= 15 is 0 Å². The van der Waals surface area contributed by atoms with Gasteiger partial charge in [0.25, 0.3) is 5.76 Å². The van der Waals surface area contributed by atoms with Crippen molar-refractivity contribution in [2.75, 3.05) is 25.0 Å². The van der Waals surface area contributed by atoms with Gasteiger partial charge in [-0.05, 0) is 48.6 Å². The molecule has 1 atom stereocenters. The highest BCUT2D eigenvalue weighted by molar-refractivity contribution is 7.99. The number of anilines is 1. The Morgan fingerprint density at radius 2 is 2.15 bits per heavy atom. The third-order valence-corrected chi connectivity index (χ3v) is 5.76. The Morgan fingerprint density at radius 3 is 2.78 bits per heavy atom. The molecule has 2 aromatic rings. The lowest BCUT2D eigenvalue weighted by molar-refractivity contribution is -0.117. The monoisotopic (exact) mass is 412 g/mol. The van der Waals surface area contributed by atoms with E-state index in [1.54, 1.807) is 35.6 Å². The van der Waals surface area contributed by atoms with E-state index in [0.717, 1.165) is 26.0 Å². The Bertz CT molecular complexity index is 705. The van der Waals surface area contributed by atoms with Crippen LogP contribution in [0.4, 0.5) is 14.5 Å². The maximum atomic E-state index is 12.5. The van der Waals surface area contributed by atoms with Gasteiger partial charge in [0, 0.05) is 35.2 Å². The predicted octanol–water partition coefficient (Wildman–Crippen LogP) is 4.68. The zero-order chi connectivity index (χ0) is 19.1. The number of amides is 1. The zero-order valence-electron chi connectivity index (χ0n) is 14.8. The van der Waals surface area contributed by atoms with Crippen molar-refractivity contribution in [2.24, 2.45) is 0 Å². The lowest BCUT2D eigenvalue weighted by Crippen LogP contribution is -2.37. The standard InChI is InChI=1S/C19H22F2N2O2S2/c20-19(21)27-16-7-5-14(6-8-16)22-18(24)13-23(11-15-3-1-9-25-15)12-17-4-2-10-26-17/h2,4-8,10,15,19H,1,3,9,11-13H2,(H,22,24)/t15-/m0/s1. The van der Waals surface area contributed by atoms with Crippen LogP contribution >= 0.6 is 23.1 Å². The van der Waals surface area contributed by atoms with Crippen LogP contribution in [0.25, 0.3) is 0 Å². The number of thiophene rings is 1. The number of nitrogens with zero attached hydrogens (tertiary/aromatic N) is 1. The highest BCUT2D eigenvalue weighted by atomic mass is 32.2. The number of rotatable bonds is 9. The summed E-state index contributed by atoms with van der Waals surface area (Å²) < 4.78 is 30.5. The van der Waals surface area contributed by atoms with Crippen molar-refractivity contribution >= 4 is 34.7 Å². The number of benzene rings is 1. The lowest BCUT2D eigenvalue weighted by Gasteiger charge is -2.24. The molecule has 146 valence electrons. The number of halogens is 2. The molecule has 0 bridgehead atoms. The Kier molecular flexibility index (Phi) is 7.63. The summed E-state index contributed by atoms with van der Waals surface area (Å²) in [6.45, 7) is 2.46. The van der Waals surface area contributed by atoms with Gasteiger partial charge in [-0.25, -0.2) is 0 Å². The summed E-state index contributed by atoms with van der Waals surface area (Å²) >= 11 is 2.16. The number of alkyl halides is 2. The molecule has 0 saturated carbocycles. The number of nitrogens with one attached hydrogen (secondary N) is 1. The largest absolute Gasteiger partial charge is 0.377 e. The summed E-state index contributed by atoms with van der Waals surface area (Å²) in [5.41, 5.74) is 0.604. The van der Waals surface area contributed by atoms with Gasteiger partial charge in [0.05, 0.1) is 12.6 Å². The van der Waals surface area contributed by atoms with E-state index in [1.807, 2.05) is 11.4 Å². The first-order chi connectivity index (χ1) is 13.1. The molecule has 8 heteroatoms. The molecule has 0 spiro atoms. The van der Waals surface area contributed by atoms with Gasteiger partial charge in [-0.2, -0.15) is 8.78 Å². The van der Waals surface area contributed by atoms with Crippen molar-refractivity contribution in [1.29, 1.82) is 0 Å². The minimum Gasteiger partial charge on any atom is -0.377 e. The molecular formula is C19H22F2N2O2S2. The van der Waals surface area contributed by atoms with Crippen molar-refractivity contribution in [3.05, 3.63) is 46.7 Å². The van der Waals surface area contributed by atoms with Crippen LogP contribution in [0.15, 0.2) is 46.7 Å². The van der Waals surface area contributed by atoms with E-state index in [2.05, 4.69) is 16.3 Å². The third kappa shape index (κ3) is 6.88. The second-order valence-electron chi connectivity index (χ2n) is 6.34. The van der Waals surface area contributed by atoms with Gasteiger partial charge in [0.1, 0.15) is 0 Å². The molecule has 4 nitrogen and oxygen atoms in total. The Morgan fingerprint density at radius 1 is 1.33 bits per heavy atom. The van der Waals surface area contributed by atoms with Gasteiger partial charge in [-0.3, -0.25) is 9.69 Å². The number of hydrogen-bond donors (Lipinski definition) is 1. The average molecular weight is 413 g/mol. The molecular weight excluding hydrogens is 390 g/mol. The van der Waals surface area contributed by atoms with Gasteiger partial charge in [0.2, 0.25) is 5.91 Å². The van der Waals surface area contributed by atoms with Gasteiger partial charge in [-0.15, -0.1) is 11.3 Å². The predicted molar refractivity (Wildman–Crippen MR) is 106 cm³/mol. The molecule has 1 N–H and O–H groups in total. The molecule has 1 aliphatic rings. The SMILES string of the molecule is O=C(CN(Cc1cccs1)C[C@@H]1CCCO1)Nc1ccc(SC(F)F)cc1. The van der Waals surface area contributed by atoms with E-state index in [1.165, 1.54) is 4.88 Å². The topological polar surface area (TPSA) is 41.6 Å². The molecule has 0 radical (unpaired) electrons. The van der Waals surface area contributed by atoms with E-state index in [-0.39, 0.29) is 18.6 Å². The van der Waals surface area contributed by atoms with Gasteiger partial charge in [-0.1, -0.05) is 17.8 Å². The molecule has 0 unspecified atom stereocenters. The molecule has 2 heterocycles. The van der Waals surface area contributed by atoms with Crippen LogP contribution in [0.1, 0.15) is 17.7 Å². The molecule has 1 aliphatic heterocycles. The molecule has 27 heavy (non-hydrogen) atoms. The van der Waals surface area contributed by atoms with Crippen LogP contribution in [-0.4, -0.2) is 42.4 Å². The Labute approximate surface area is 165 Å². The van der Waals surface area contributed by atoms with Gasteiger partial charge >= 0.3 is 0 Å². The summed E-state index contributed by atoms with van der Waals surface area (Å²) in [6.07, 6.45) is 2.25. The third-order valence-electron chi connectivity index (χ3n) is 4.18. The number of thioether (sulfide) groups is 1. The molecule has 0 aliphatic carbocycles. The summed E-state index contributed by atoms with van der Waals surface area (Å²) in [5, 5.41) is 4.87. The van der Waals surface area contributed by atoms with E-state index in [4.69, 9.17) is 4.74 Å². The normalized spacial score (nSPS) is 17.0. The number of hydrogen-bond acceptors (Lipinski definition) is 5. The maximum absolute atomic E-state index is 12.5. The van der Waals surface area contributed by atoms with E-state index < -0.39 is 5.76 Å². The van der Waals surface area contributed by atoms with Crippen molar-refractivity contribution < 1.29 is 18.3 Å². The molecule has 3 rings (SSSR count). The van der Waals surface area contributed by atoms with Crippen LogP contribution in [0.3, 0.4) is 0 Å². The van der Waals surface area contributed by atoms with Crippen LogP contribution in [0.2, 0.25) is 0 Å². The van der Waals surface area contributed by atoms with Crippen LogP contribution in [0.5, 0.6) is 0 Å². The highest BCUT2D eigenvalue weighted by Crippen LogP contribution is 2.26. The quantitative estimate of drug-likeness (QED) is 0.607. The fraction of sp³-hybridized carbons (Fsp3) is 0.421. The van der Waals surface area contributed by atoms with Crippen LogP contribution in [-0.2, 0) is 16.1 Å². The molecule has 1 saturated heterocycles. The molecule has 1 amide bonds. The van der Waals surface area contributed by atoms with Crippen molar-refractivity contribution in [3.63, 3.8) is 0 Å². The maximum Gasteiger partial charge on any atom is 0.288 e. The zero-order valence-corrected chi connectivity index (χ0v) is 16.4. The highest BCUT2D eigenvalue weighted by Gasteiger charge is 2.21. The lowest BCUT2D eigenvalue weighted by atomic mass is 10.2.